The molecule has 3 heteroatoms. The highest BCUT2D eigenvalue weighted by atomic mass is 16.2. The predicted octanol–water partition coefficient (Wildman–Crippen LogP) is 1.18. The monoisotopic (exact) mass is 166 g/mol. The van der Waals surface area contributed by atoms with E-state index in [4.69, 9.17) is 5.26 Å². The van der Waals surface area contributed by atoms with Gasteiger partial charge < -0.3 is 4.90 Å². The van der Waals surface area contributed by atoms with Crippen LogP contribution in [0.2, 0.25) is 0 Å². The van der Waals surface area contributed by atoms with Gasteiger partial charge in [0.05, 0.1) is 6.07 Å². The summed E-state index contributed by atoms with van der Waals surface area (Å²) in [6.45, 7) is 8.16. The fourth-order valence-electron chi connectivity index (χ4n) is 0.860. The number of carbonyl (C=O) groups excluding carboxylic acids is 1. The minimum atomic E-state index is -0.551. The van der Waals surface area contributed by atoms with E-state index in [9.17, 15) is 4.79 Å². The van der Waals surface area contributed by atoms with Crippen LogP contribution in [0.1, 0.15) is 13.8 Å². The van der Waals surface area contributed by atoms with Crippen molar-refractivity contribution >= 4 is 5.91 Å². The van der Waals surface area contributed by atoms with Crippen molar-refractivity contribution in [2.45, 2.75) is 13.8 Å². The van der Waals surface area contributed by atoms with Crippen LogP contribution in [0.3, 0.4) is 0 Å². The zero-order valence-electron chi connectivity index (χ0n) is 7.58. The van der Waals surface area contributed by atoms with E-state index in [1.54, 1.807) is 17.9 Å². The van der Waals surface area contributed by atoms with E-state index in [0.29, 0.717) is 13.1 Å². The van der Waals surface area contributed by atoms with Crippen LogP contribution in [-0.4, -0.2) is 23.9 Å². The molecule has 12 heavy (non-hydrogen) atoms. The lowest BCUT2D eigenvalue weighted by molar-refractivity contribution is -0.132. The lowest BCUT2D eigenvalue weighted by Gasteiger charge is -2.19. The fraction of sp³-hybridized carbons (Fsp3) is 0.556. The molecule has 1 unspecified atom stereocenters. The Labute approximate surface area is 73.3 Å². The maximum atomic E-state index is 11.4. The highest BCUT2D eigenvalue weighted by Crippen LogP contribution is 2.00. The summed E-state index contributed by atoms with van der Waals surface area (Å²) in [6.07, 6.45) is 1.66. The van der Waals surface area contributed by atoms with E-state index in [1.807, 2.05) is 13.0 Å². The lowest BCUT2D eigenvalue weighted by Crippen LogP contribution is -2.34. The molecule has 66 valence electrons. The van der Waals surface area contributed by atoms with Gasteiger partial charge in [0.2, 0.25) is 5.91 Å². The quantitative estimate of drug-likeness (QED) is 0.588. The maximum Gasteiger partial charge on any atom is 0.239 e. The number of likely N-dealkylation sites (N-methyl/N-ethyl adjacent to an activating group) is 1. The van der Waals surface area contributed by atoms with E-state index in [0.717, 1.165) is 0 Å². The molecule has 0 aliphatic rings. The zero-order valence-corrected chi connectivity index (χ0v) is 7.58. The second kappa shape index (κ2) is 5.36. The van der Waals surface area contributed by atoms with Crippen LogP contribution in [0.4, 0.5) is 0 Å². The number of nitrogens with zero attached hydrogens (tertiary/aromatic N) is 2. The number of nitriles is 1. The molecular weight excluding hydrogens is 152 g/mol. The molecule has 0 N–H and O–H groups in total. The first-order chi connectivity index (χ1) is 5.67. The molecule has 0 spiro atoms. The summed E-state index contributed by atoms with van der Waals surface area (Å²) >= 11 is 0. The van der Waals surface area contributed by atoms with Crippen LogP contribution in [0, 0.1) is 17.2 Å². The van der Waals surface area contributed by atoms with Gasteiger partial charge >= 0.3 is 0 Å². The number of carbonyl (C=O) groups is 1. The molecule has 0 aromatic carbocycles. The van der Waals surface area contributed by atoms with E-state index in [-0.39, 0.29) is 5.91 Å². The summed E-state index contributed by atoms with van der Waals surface area (Å²) in [5.74, 6) is -0.676. The Morgan fingerprint density at radius 2 is 2.42 bits per heavy atom. The van der Waals surface area contributed by atoms with E-state index >= 15 is 0 Å². The van der Waals surface area contributed by atoms with Gasteiger partial charge in [-0.2, -0.15) is 5.26 Å². The first kappa shape index (κ1) is 10.7. The molecule has 0 aliphatic heterocycles. The summed E-state index contributed by atoms with van der Waals surface area (Å²) in [6, 6.07) is 1.91. The highest BCUT2D eigenvalue weighted by Gasteiger charge is 2.16. The van der Waals surface area contributed by atoms with Crippen molar-refractivity contribution in [1.29, 1.82) is 5.26 Å². The third-order valence-corrected chi connectivity index (χ3v) is 1.61. The average Bonchev–Trinajstić information content (AvgIpc) is 2.11. The molecule has 0 fully saturated rings. The van der Waals surface area contributed by atoms with Gasteiger partial charge in [0.25, 0.3) is 0 Å². The Kier molecular flexibility index (Phi) is 4.78. The summed E-state index contributed by atoms with van der Waals surface area (Å²) in [7, 11) is 0. The molecular formula is C9H14N2O. The Morgan fingerprint density at radius 3 is 2.75 bits per heavy atom. The first-order valence-electron chi connectivity index (χ1n) is 3.96. The average molecular weight is 166 g/mol. The number of hydrogen-bond donors (Lipinski definition) is 0. The first-order valence-corrected chi connectivity index (χ1v) is 3.96. The topological polar surface area (TPSA) is 44.1 Å². The van der Waals surface area contributed by atoms with Crippen LogP contribution in [0.15, 0.2) is 12.7 Å². The summed E-state index contributed by atoms with van der Waals surface area (Å²) in [4.78, 5) is 12.9. The van der Waals surface area contributed by atoms with Gasteiger partial charge in [-0.05, 0) is 13.8 Å². The summed E-state index contributed by atoms with van der Waals surface area (Å²) < 4.78 is 0. The number of rotatable bonds is 4. The second-order valence-electron chi connectivity index (χ2n) is 2.52. The van der Waals surface area contributed by atoms with E-state index in [1.165, 1.54) is 0 Å². The van der Waals surface area contributed by atoms with Crippen molar-refractivity contribution in [1.82, 2.24) is 4.90 Å². The van der Waals surface area contributed by atoms with Crippen LogP contribution in [-0.2, 0) is 4.79 Å². The van der Waals surface area contributed by atoms with Gasteiger partial charge in [-0.25, -0.2) is 0 Å². The lowest BCUT2D eigenvalue weighted by atomic mass is 10.2. The largest absolute Gasteiger partial charge is 0.338 e. The third kappa shape index (κ3) is 2.75. The third-order valence-electron chi connectivity index (χ3n) is 1.61. The smallest absolute Gasteiger partial charge is 0.239 e. The molecule has 0 saturated heterocycles. The molecule has 0 aromatic heterocycles. The second-order valence-corrected chi connectivity index (χ2v) is 2.52. The molecule has 0 radical (unpaired) electrons. The number of hydrogen-bond acceptors (Lipinski definition) is 2. The molecule has 0 aliphatic carbocycles. The Balaban J connectivity index is 4.22. The Bertz CT molecular complexity index is 205. The highest BCUT2D eigenvalue weighted by molar-refractivity contribution is 5.80. The normalized spacial score (nSPS) is 11.4. The van der Waals surface area contributed by atoms with Gasteiger partial charge in [0, 0.05) is 13.1 Å². The molecule has 1 atom stereocenters. The van der Waals surface area contributed by atoms with Gasteiger partial charge in [0.1, 0.15) is 5.92 Å². The van der Waals surface area contributed by atoms with Crippen molar-refractivity contribution in [3.63, 3.8) is 0 Å². The fourth-order valence-corrected chi connectivity index (χ4v) is 0.860. The molecule has 3 nitrogen and oxygen atoms in total. The Morgan fingerprint density at radius 1 is 1.83 bits per heavy atom. The van der Waals surface area contributed by atoms with Gasteiger partial charge in [0.15, 0.2) is 0 Å². The van der Waals surface area contributed by atoms with Crippen molar-refractivity contribution in [2.24, 2.45) is 5.92 Å². The maximum absolute atomic E-state index is 11.4. The minimum Gasteiger partial charge on any atom is -0.338 e. The molecule has 0 bridgehead atoms. The van der Waals surface area contributed by atoms with E-state index < -0.39 is 5.92 Å². The molecule has 1 amide bonds. The van der Waals surface area contributed by atoms with Gasteiger partial charge in [-0.15, -0.1) is 6.58 Å². The van der Waals surface area contributed by atoms with Crippen molar-refractivity contribution in [2.75, 3.05) is 13.1 Å². The van der Waals surface area contributed by atoms with Crippen LogP contribution >= 0.6 is 0 Å². The van der Waals surface area contributed by atoms with Crippen molar-refractivity contribution in [3.8, 4) is 6.07 Å². The van der Waals surface area contributed by atoms with Crippen LogP contribution < -0.4 is 0 Å². The van der Waals surface area contributed by atoms with Gasteiger partial charge in [-0.1, -0.05) is 6.08 Å². The van der Waals surface area contributed by atoms with Crippen molar-refractivity contribution in [3.05, 3.63) is 12.7 Å². The number of amides is 1. The Hall–Kier alpha value is -1.30. The summed E-state index contributed by atoms with van der Waals surface area (Å²) in [5.41, 5.74) is 0. The molecule has 0 saturated carbocycles. The molecule has 0 rings (SSSR count). The van der Waals surface area contributed by atoms with Crippen LogP contribution in [0.25, 0.3) is 0 Å². The van der Waals surface area contributed by atoms with Crippen LogP contribution in [0.5, 0.6) is 0 Å². The van der Waals surface area contributed by atoms with Gasteiger partial charge in [-0.3, -0.25) is 4.79 Å². The summed E-state index contributed by atoms with van der Waals surface area (Å²) in [5, 5.41) is 8.49. The van der Waals surface area contributed by atoms with E-state index in [2.05, 4.69) is 6.58 Å². The predicted molar refractivity (Wildman–Crippen MR) is 47.2 cm³/mol. The zero-order chi connectivity index (χ0) is 9.56. The molecule has 0 aromatic rings. The van der Waals surface area contributed by atoms with Crippen molar-refractivity contribution < 1.29 is 4.79 Å². The molecule has 0 heterocycles. The SMILES string of the molecule is C=CCN(CC)C(=O)C(C)C#N. The standard InChI is InChI=1S/C9H14N2O/c1-4-6-11(5-2)9(12)8(3)7-10/h4,8H,1,5-6H2,2-3H3. The minimum absolute atomic E-state index is 0.125.